The molecule has 31 heavy (non-hydrogen) atoms. The van der Waals surface area contributed by atoms with E-state index < -0.39 is 0 Å². The summed E-state index contributed by atoms with van der Waals surface area (Å²) in [7, 11) is 0. The van der Waals surface area contributed by atoms with Crippen LogP contribution in [-0.4, -0.2) is 28.0 Å². The standard InChI is InChI=1S/C25H32N2O4/c1-4-6-7-8-9-10-24(29)31-22-17-26-25(27-18-22)21-15-13-20(14-16-21)12-11-19(3)30-23(28)5-2/h7-8,13-19H,4-6,9-12H2,1-3H3/b8-7+. The van der Waals surface area contributed by atoms with E-state index in [0.29, 0.717) is 30.8 Å². The number of aromatic nitrogens is 2. The van der Waals surface area contributed by atoms with E-state index in [1.165, 1.54) is 12.4 Å². The molecule has 1 aromatic carbocycles. The van der Waals surface area contributed by atoms with Crippen molar-refractivity contribution < 1.29 is 19.1 Å². The second kappa shape index (κ2) is 13.3. The van der Waals surface area contributed by atoms with E-state index in [0.717, 1.165) is 36.8 Å². The molecule has 0 bridgehead atoms. The Labute approximate surface area is 184 Å². The minimum atomic E-state index is -0.291. The maximum atomic E-state index is 11.9. The molecule has 0 N–H and O–H groups in total. The van der Waals surface area contributed by atoms with Crippen molar-refractivity contribution in [2.75, 3.05) is 0 Å². The van der Waals surface area contributed by atoms with Gasteiger partial charge in [-0.2, -0.15) is 0 Å². The van der Waals surface area contributed by atoms with E-state index in [4.69, 9.17) is 9.47 Å². The molecule has 1 unspecified atom stereocenters. The van der Waals surface area contributed by atoms with Crippen LogP contribution in [0.15, 0.2) is 48.8 Å². The maximum Gasteiger partial charge on any atom is 0.311 e. The first-order valence-corrected chi connectivity index (χ1v) is 11.0. The zero-order valence-corrected chi connectivity index (χ0v) is 18.7. The molecule has 0 radical (unpaired) electrons. The number of hydrogen-bond acceptors (Lipinski definition) is 6. The van der Waals surface area contributed by atoms with E-state index in [2.05, 4.69) is 23.0 Å². The van der Waals surface area contributed by atoms with Crippen molar-refractivity contribution in [2.45, 2.75) is 71.8 Å². The number of rotatable bonds is 12. The highest BCUT2D eigenvalue weighted by atomic mass is 16.5. The van der Waals surface area contributed by atoms with Crippen LogP contribution in [0.4, 0.5) is 0 Å². The number of unbranched alkanes of at least 4 members (excludes halogenated alkanes) is 1. The number of nitrogens with zero attached hydrogens (tertiary/aromatic N) is 2. The number of esters is 2. The average molecular weight is 425 g/mol. The fourth-order valence-electron chi connectivity index (χ4n) is 2.86. The molecule has 0 saturated heterocycles. The van der Waals surface area contributed by atoms with E-state index in [9.17, 15) is 9.59 Å². The van der Waals surface area contributed by atoms with Crippen LogP contribution < -0.4 is 4.74 Å². The van der Waals surface area contributed by atoms with E-state index >= 15 is 0 Å². The Hall–Kier alpha value is -3.02. The highest BCUT2D eigenvalue weighted by Gasteiger charge is 2.09. The molecule has 0 aliphatic carbocycles. The van der Waals surface area contributed by atoms with Crippen LogP contribution in [-0.2, 0) is 20.7 Å². The molecule has 2 rings (SSSR count). The van der Waals surface area contributed by atoms with Gasteiger partial charge in [-0.3, -0.25) is 9.59 Å². The summed E-state index contributed by atoms with van der Waals surface area (Å²) in [6.45, 7) is 5.82. The Balaban J connectivity index is 1.83. The molecular formula is C25H32N2O4. The van der Waals surface area contributed by atoms with Crippen LogP contribution in [0.5, 0.6) is 5.75 Å². The van der Waals surface area contributed by atoms with Crippen LogP contribution >= 0.6 is 0 Å². The Morgan fingerprint density at radius 1 is 1.00 bits per heavy atom. The second-order valence-electron chi connectivity index (χ2n) is 7.40. The first-order valence-electron chi connectivity index (χ1n) is 11.0. The van der Waals surface area contributed by atoms with Gasteiger partial charge in [0.05, 0.1) is 18.5 Å². The van der Waals surface area contributed by atoms with Gasteiger partial charge in [-0.25, -0.2) is 9.97 Å². The van der Waals surface area contributed by atoms with Gasteiger partial charge in [0, 0.05) is 18.4 Å². The summed E-state index contributed by atoms with van der Waals surface area (Å²) in [6, 6.07) is 7.96. The van der Waals surface area contributed by atoms with Crippen molar-refractivity contribution in [2.24, 2.45) is 0 Å². The lowest BCUT2D eigenvalue weighted by atomic mass is 10.1. The van der Waals surface area contributed by atoms with Gasteiger partial charge in [0.1, 0.15) is 0 Å². The summed E-state index contributed by atoms with van der Waals surface area (Å²) in [5.41, 5.74) is 2.04. The lowest BCUT2D eigenvalue weighted by molar-refractivity contribution is -0.148. The summed E-state index contributed by atoms with van der Waals surface area (Å²) < 4.78 is 10.6. The van der Waals surface area contributed by atoms with Gasteiger partial charge in [-0.1, -0.05) is 56.7 Å². The van der Waals surface area contributed by atoms with E-state index in [-0.39, 0.29) is 18.0 Å². The van der Waals surface area contributed by atoms with Crippen LogP contribution in [0, 0.1) is 0 Å². The third kappa shape index (κ3) is 9.11. The van der Waals surface area contributed by atoms with Gasteiger partial charge in [0.25, 0.3) is 0 Å². The molecule has 2 aromatic rings. The zero-order valence-electron chi connectivity index (χ0n) is 18.7. The molecule has 0 fully saturated rings. The third-order valence-corrected chi connectivity index (χ3v) is 4.67. The van der Waals surface area contributed by atoms with Gasteiger partial charge in [-0.05, 0) is 38.2 Å². The first kappa shape index (κ1) is 24.3. The SMILES string of the molecule is CCC/C=C/CCC(=O)Oc1cnc(-c2ccc(CCC(C)OC(=O)CC)cc2)nc1. The largest absolute Gasteiger partial charge is 0.463 e. The molecule has 1 heterocycles. The molecule has 0 aliphatic rings. The van der Waals surface area contributed by atoms with Gasteiger partial charge in [-0.15, -0.1) is 0 Å². The van der Waals surface area contributed by atoms with Gasteiger partial charge < -0.3 is 9.47 Å². The Bertz CT molecular complexity index is 845. The molecule has 1 atom stereocenters. The number of ether oxygens (including phenoxy) is 2. The number of benzene rings is 1. The van der Waals surface area contributed by atoms with Crippen molar-refractivity contribution in [1.82, 2.24) is 9.97 Å². The molecule has 0 aliphatic heterocycles. The second-order valence-corrected chi connectivity index (χ2v) is 7.40. The number of hydrogen-bond donors (Lipinski definition) is 0. The maximum absolute atomic E-state index is 11.9. The summed E-state index contributed by atoms with van der Waals surface area (Å²) in [4.78, 5) is 31.8. The number of allylic oxidation sites excluding steroid dienone is 2. The van der Waals surface area contributed by atoms with Crippen molar-refractivity contribution in [1.29, 1.82) is 0 Å². The Morgan fingerprint density at radius 3 is 2.32 bits per heavy atom. The normalized spacial score (nSPS) is 12.0. The van der Waals surface area contributed by atoms with Crippen LogP contribution in [0.25, 0.3) is 11.4 Å². The highest BCUT2D eigenvalue weighted by molar-refractivity contribution is 5.72. The number of aryl methyl sites for hydroxylation is 1. The summed E-state index contributed by atoms with van der Waals surface area (Å²) in [6.07, 6.45) is 12.1. The monoisotopic (exact) mass is 424 g/mol. The Kier molecular flexibility index (Phi) is 10.4. The van der Waals surface area contributed by atoms with Crippen molar-refractivity contribution in [3.8, 4) is 17.1 Å². The summed E-state index contributed by atoms with van der Waals surface area (Å²) >= 11 is 0. The predicted molar refractivity (Wildman–Crippen MR) is 121 cm³/mol. The molecule has 0 amide bonds. The number of carbonyl (C=O) groups excluding carboxylic acids is 2. The Morgan fingerprint density at radius 2 is 1.68 bits per heavy atom. The van der Waals surface area contributed by atoms with Gasteiger partial charge >= 0.3 is 11.9 Å². The van der Waals surface area contributed by atoms with Gasteiger partial charge in [0.15, 0.2) is 11.6 Å². The minimum absolute atomic E-state index is 0.0990. The smallest absolute Gasteiger partial charge is 0.311 e. The molecule has 1 aromatic heterocycles. The lowest BCUT2D eigenvalue weighted by Gasteiger charge is -2.12. The zero-order chi connectivity index (χ0) is 22.5. The fraction of sp³-hybridized carbons (Fsp3) is 0.440. The molecule has 6 heteroatoms. The van der Waals surface area contributed by atoms with Crippen molar-refractivity contribution in [3.05, 3.63) is 54.4 Å². The van der Waals surface area contributed by atoms with Crippen LogP contribution in [0.2, 0.25) is 0 Å². The molecule has 6 nitrogen and oxygen atoms in total. The topological polar surface area (TPSA) is 78.4 Å². The average Bonchev–Trinajstić information content (AvgIpc) is 2.78. The molecule has 166 valence electrons. The molecular weight excluding hydrogens is 392 g/mol. The van der Waals surface area contributed by atoms with E-state index in [1.807, 2.05) is 37.3 Å². The minimum Gasteiger partial charge on any atom is -0.463 e. The highest BCUT2D eigenvalue weighted by Crippen LogP contribution is 2.19. The van der Waals surface area contributed by atoms with Crippen molar-refractivity contribution in [3.63, 3.8) is 0 Å². The summed E-state index contributed by atoms with van der Waals surface area (Å²) in [5.74, 6) is 0.455. The third-order valence-electron chi connectivity index (χ3n) is 4.67. The summed E-state index contributed by atoms with van der Waals surface area (Å²) in [5, 5.41) is 0. The van der Waals surface area contributed by atoms with Crippen LogP contribution in [0.3, 0.4) is 0 Å². The lowest BCUT2D eigenvalue weighted by Crippen LogP contribution is -2.14. The van der Waals surface area contributed by atoms with Crippen molar-refractivity contribution >= 4 is 11.9 Å². The quantitative estimate of drug-likeness (QED) is 0.332. The van der Waals surface area contributed by atoms with Gasteiger partial charge in [0.2, 0.25) is 0 Å². The first-order chi connectivity index (χ1) is 15.0. The molecule has 0 saturated carbocycles. The fourth-order valence-corrected chi connectivity index (χ4v) is 2.86. The van der Waals surface area contributed by atoms with Crippen LogP contribution in [0.1, 0.15) is 64.9 Å². The van der Waals surface area contributed by atoms with E-state index in [1.54, 1.807) is 6.92 Å². The molecule has 0 spiro atoms. The number of carbonyl (C=O) groups is 2. The predicted octanol–water partition coefficient (Wildman–Crippen LogP) is 5.46.